The van der Waals surface area contributed by atoms with Crippen LogP contribution in [-0.4, -0.2) is 51.1 Å². The van der Waals surface area contributed by atoms with E-state index in [9.17, 15) is 9.59 Å². The highest BCUT2D eigenvalue weighted by molar-refractivity contribution is 6.15. The molecule has 0 bridgehead atoms. The van der Waals surface area contributed by atoms with Crippen molar-refractivity contribution in [3.63, 3.8) is 0 Å². The van der Waals surface area contributed by atoms with Crippen LogP contribution in [0.2, 0.25) is 0 Å². The van der Waals surface area contributed by atoms with Crippen LogP contribution in [0, 0.1) is 0 Å². The number of benzene rings is 1. The Morgan fingerprint density at radius 2 is 1.81 bits per heavy atom. The summed E-state index contributed by atoms with van der Waals surface area (Å²) in [4.78, 5) is 26.1. The molecule has 1 N–H and O–H groups in total. The number of ether oxygens (including phenoxy) is 4. The fourth-order valence-corrected chi connectivity index (χ4v) is 2.77. The number of carbonyl (C=O) groups excluding carboxylic acids is 2. The molecule has 0 spiro atoms. The average molecular weight is 362 g/mol. The molecule has 8 nitrogen and oxygen atoms in total. The summed E-state index contributed by atoms with van der Waals surface area (Å²) in [6.07, 6.45) is 1.28. The van der Waals surface area contributed by atoms with E-state index in [1.165, 1.54) is 20.0 Å². The third kappa shape index (κ3) is 3.91. The van der Waals surface area contributed by atoms with Gasteiger partial charge in [-0.1, -0.05) is 0 Å². The topological polar surface area (TPSA) is 86.3 Å². The first-order valence-electron chi connectivity index (χ1n) is 8.34. The lowest BCUT2D eigenvalue weighted by Crippen LogP contribution is -2.42. The van der Waals surface area contributed by atoms with Gasteiger partial charge in [-0.2, -0.15) is 0 Å². The van der Waals surface area contributed by atoms with Crippen LogP contribution < -0.4 is 15.0 Å². The SMILES string of the molecule is COc1cc(NC=C2C(=O)OC(C)(C)OC2=O)ccc1N1CCOCC1. The van der Waals surface area contributed by atoms with Gasteiger partial charge in [-0.3, -0.25) is 0 Å². The van der Waals surface area contributed by atoms with Gasteiger partial charge in [0.25, 0.3) is 5.79 Å². The molecule has 2 fully saturated rings. The molecule has 0 saturated carbocycles. The summed E-state index contributed by atoms with van der Waals surface area (Å²) in [5.74, 6) is -2.02. The first kappa shape index (κ1) is 18.1. The lowest BCUT2D eigenvalue weighted by Gasteiger charge is -2.30. The quantitative estimate of drug-likeness (QED) is 0.492. The number of hydrogen-bond acceptors (Lipinski definition) is 8. The van der Waals surface area contributed by atoms with E-state index in [2.05, 4.69) is 10.2 Å². The van der Waals surface area contributed by atoms with Crippen molar-refractivity contribution < 1.29 is 28.5 Å². The van der Waals surface area contributed by atoms with E-state index in [1.807, 2.05) is 12.1 Å². The van der Waals surface area contributed by atoms with Crippen molar-refractivity contribution in [1.82, 2.24) is 0 Å². The van der Waals surface area contributed by atoms with E-state index >= 15 is 0 Å². The minimum atomic E-state index is -1.26. The maximum absolute atomic E-state index is 12.0. The lowest BCUT2D eigenvalue weighted by molar-refractivity contribution is -0.222. The minimum Gasteiger partial charge on any atom is -0.495 e. The normalized spacial score (nSPS) is 19.5. The van der Waals surface area contributed by atoms with Crippen LogP contribution in [0.25, 0.3) is 0 Å². The second-order valence-corrected chi connectivity index (χ2v) is 6.37. The maximum Gasteiger partial charge on any atom is 0.350 e. The molecule has 2 aliphatic heterocycles. The monoisotopic (exact) mass is 362 g/mol. The number of anilines is 2. The molecule has 2 saturated heterocycles. The molecule has 140 valence electrons. The first-order valence-corrected chi connectivity index (χ1v) is 8.34. The highest BCUT2D eigenvalue weighted by atomic mass is 16.7. The van der Waals surface area contributed by atoms with E-state index in [0.717, 1.165) is 18.8 Å². The van der Waals surface area contributed by atoms with Gasteiger partial charge in [0.2, 0.25) is 0 Å². The number of esters is 2. The Morgan fingerprint density at radius 3 is 2.42 bits per heavy atom. The predicted molar refractivity (Wildman–Crippen MR) is 94.0 cm³/mol. The smallest absolute Gasteiger partial charge is 0.350 e. The molecule has 26 heavy (non-hydrogen) atoms. The third-order valence-corrected chi connectivity index (χ3v) is 4.03. The summed E-state index contributed by atoms with van der Waals surface area (Å²) in [6, 6.07) is 5.56. The van der Waals surface area contributed by atoms with Crippen molar-refractivity contribution in [1.29, 1.82) is 0 Å². The molecular weight excluding hydrogens is 340 g/mol. The molecular formula is C18H22N2O6. The number of nitrogens with one attached hydrogen (secondary N) is 1. The number of morpholine rings is 1. The summed E-state index contributed by atoms with van der Waals surface area (Å²) < 4.78 is 21.0. The van der Waals surface area contributed by atoms with Gasteiger partial charge in [0.1, 0.15) is 5.75 Å². The summed E-state index contributed by atoms with van der Waals surface area (Å²) in [6.45, 7) is 5.94. The molecule has 0 atom stereocenters. The molecule has 1 aromatic rings. The second-order valence-electron chi connectivity index (χ2n) is 6.37. The Balaban J connectivity index is 1.76. The largest absolute Gasteiger partial charge is 0.495 e. The van der Waals surface area contributed by atoms with Crippen molar-refractivity contribution >= 4 is 23.3 Å². The number of hydrogen-bond donors (Lipinski definition) is 1. The van der Waals surface area contributed by atoms with Gasteiger partial charge in [-0.05, 0) is 12.1 Å². The zero-order valence-corrected chi connectivity index (χ0v) is 15.0. The highest BCUT2D eigenvalue weighted by Gasteiger charge is 2.38. The van der Waals surface area contributed by atoms with Gasteiger partial charge in [0.15, 0.2) is 5.57 Å². The lowest BCUT2D eigenvalue weighted by atomic mass is 10.2. The number of carbonyl (C=O) groups is 2. The summed E-state index contributed by atoms with van der Waals surface area (Å²) in [5.41, 5.74) is 1.43. The Hall–Kier alpha value is -2.74. The van der Waals surface area contributed by atoms with Crippen LogP contribution >= 0.6 is 0 Å². The van der Waals surface area contributed by atoms with E-state index in [0.29, 0.717) is 24.7 Å². The van der Waals surface area contributed by atoms with Crippen LogP contribution in [0.15, 0.2) is 30.0 Å². The Kier molecular flexibility index (Phi) is 5.03. The number of methoxy groups -OCH3 is 1. The fourth-order valence-electron chi connectivity index (χ4n) is 2.77. The van der Waals surface area contributed by atoms with Crippen LogP contribution in [0.4, 0.5) is 11.4 Å². The molecule has 2 heterocycles. The number of cyclic esters (lactones) is 2. The van der Waals surface area contributed by atoms with Gasteiger partial charge >= 0.3 is 11.9 Å². The number of rotatable bonds is 4. The van der Waals surface area contributed by atoms with Gasteiger partial charge in [-0.25, -0.2) is 9.59 Å². The van der Waals surface area contributed by atoms with E-state index in [4.69, 9.17) is 18.9 Å². The van der Waals surface area contributed by atoms with Gasteiger partial charge in [0, 0.05) is 44.9 Å². The third-order valence-electron chi connectivity index (χ3n) is 4.03. The van der Waals surface area contributed by atoms with Crippen molar-refractivity contribution in [3.8, 4) is 5.75 Å². The Morgan fingerprint density at radius 1 is 1.15 bits per heavy atom. The van der Waals surface area contributed by atoms with E-state index in [-0.39, 0.29) is 5.57 Å². The van der Waals surface area contributed by atoms with Crippen LogP contribution in [-0.2, 0) is 23.8 Å². The minimum absolute atomic E-state index is 0.194. The second kappa shape index (κ2) is 7.25. The average Bonchev–Trinajstić information content (AvgIpc) is 2.60. The zero-order valence-electron chi connectivity index (χ0n) is 15.0. The molecule has 0 amide bonds. The fraction of sp³-hybridized carbons (Fsp3) is 0.444. The van der Waals surface area contributed by atoms with E-state index < -0.39 is 17.7 Å². The van der Waals surface area contributed by atoms with Crippen molar-refractivity contribution in [3.05, 3.63) is 30.0 Å². The summed E-state index contributed by atoms with van der Waals surface area (Å²) >= 11 is 0. The van der Waals surface area contributed by atoms with Crippen molar-refractivity contribution in [2.24, 2.45) is 0 Å². The number of nitrogens with zero attached hydrogens (tertiary/aromatic N) is 1. The van der Waals surface area contributed by atoms with Gasteiger partial charge in [0.05, 0.1) is 26.0 Å². The Labute approximate surface area is 151 Å². The van der Waals surface area contributed by atoms with Crippen LogP contribution in [0.1, 0.15) is 13.8 Å². The summed E-state index contributed by atoms with van der Waals surface area (Å²) in [5, 5.41) is 2.92. The molecule has 8 heteroatoms. The van der Waals surface area contributed by atoms with E-state index in [1.54, 1.807) is 13.2 Å². The van der Waals surface area contributed by atoms with Gasteiger partial charge in [-0.15, -0.1) is 0 Å². The van der Waals surface area contributed by atoms with Gasteiger partial charge < -0.3 is 29.2 Å². The first-order chi connectivity index (χ1) is 12.4. The molecule has 0 radical (unpaired) electrons. The molecule has 0 unspecified atom stereocenters. The maximum atomic E-state index is 12.0. The molecule has 3 rings (SSSR count). The highest BCUT2D eigenvalue weighted by Crippen LogP contribution is 2.32. The molecule has 0 aromatic heterocycles. The summed E-state index contributed by atoms with van der Waals surface area (Å²) in [7, 11) is 1.60. The molecule has 1 aromatic carbocycles. The molecule has 2 aliphatic rings. The van der Waals surface area contributed by atoms with Crippen molar-refractivity contribution in [2.45, 2.75) is 19.6 Å². The predicted octanol–water partition coefficient (Wildman–Crippen LogP) is 1.66. The standard InChI is InChI=1S/C18H22N2O6/c1-18(2)25-16(21)13(17(22)26-18)11-19-12-4-5-14(15(10-12)23-3)20-6-8-24-9-7-20/h4-5,10-11,19H,6-9H2,1-3H3. The zero-order chi connectivity index (χ0) is 18.7. The Bertz CT molecular complexity index is 715. The van der Waals surface area contributed by atoms with Crippen LogP contribution in [0.3, 0.4) is 0 Å². The van der Waals surface area contributed by atoms with Crippen LogP contribution in [0.5, 0.6) is 5.75 Å². The van der Waals surface area contributed by atoms with Crippen molar-refractivity contribution in [2.75, 3.05) is 43.6 Å². The molecule has 0 aliphatic carbocycles.